The van der Waals surface area contributed by atoms with E-state index in [1.54, 1.807) is 22.7 Å². The fraction of sp³-hybridized carbons (Fsp3) is 0.211. The van der Waals surface area contributed by atoms with E-state index in [0.717, 1.165) is 30.7 Å². The molecular formula is C19H19N5S2. The number of aliphatic imine (C=N–C) groups is 1. The molecule has 2 aromatic carbocycles. The van der Waals surface area contributed by atoms with Crippen LogP contribution in [0.4, 0.5) is 10.3 Å². The molecule has 0 aliphatic heterocycles. The maximum atomic E-state index is 4.66. The van der Waals surface area contributed by atoms with Gasteiger partial charge < -0.3 is 10.6 Å². The van der Waals surface area contributed by atoms with E-state index in [1.165, 1.54) is 11.1 Å². The van der Waals surface area contributed by atoms with Gasteiger partial charge in [-0.2, -0.15) is 0 Å². The molecule has 0 fully saturated rings. The molecule has 0 spiro atoms. The Bertz CT molecular complexity index is 1030. The third kappa shape index (κ3) is 3.54. The molecule has 0 unspecified atom stereocenters. The Labute approximate surface area is 159 Å². The zero-order valence-electron chi connectivity index (χ0n) is 14.8. The first-order chi connectivity index (χ1) is 12.6. The summed E-state index contributed by atoms with van der Waals surface area (Å²) in [5, 5.41) is 8.26. The van der Waals surface area contributed by atoms with Crippen molar-refractivity contribution < 1.29 is 0 Å². The van der Waals surface area contributed by atoms with E-state index in [4.69, 9.17) is 0 Å². The summed E-state index contributed by atoms with van der Waals surface area (Å²) in [7, 11) is 0. The molecule has 4 rings (SSSR count). The highest BCUT2D eigenvalue weighted by atomic mass is 32.1. The van der Waals surface area contributed by atoms with Crippen LogP contribution in [-0.2, 0) is 0 Å². The van der Waals surface area contributed by atoms with Crippen LogP contribution in [0, 0.1) is 13.8 Å². The Kier molecular flexibility index (Phi) is 4.57. The average Bonchev–Trinajstić information content (AvgIpc) is 3.16. The number of fused-ring (bicyclic) bond motifs is 2. The molecule has 0 radical (unpaired) electrons. The second kappa shape index (κ2) is 7.01. The summed E-state index contributed by atoms with van der Waals surface area (Å²) in [4.78, 5) is 13.8. The largest absolute Gasteiger partial charge is 0.302 e. The second-order valence-electron chi connectivity index (χ2n) is 6.05. The number of benzene rings is 2. The second-order valence-corrected chi connectivity index (χ2v) is 8.11. The van der Waals surface area contributed by atoms with Crippen LogP contribution in [0.5, 0.6) is 0 Å². The molecule has 0 bridgehead atoms. The Hall–Kier alpha value is -2.51. The van der Waals surface area contributed by atoms with E-state index in [-0.39, 0.29) is 0 Å². The molecule has 0 atom stereocenters. The minimum Gasteiger partial charge on any atom is -0.302 e. The maximum absolute atomic E-state index is 4.66. The zero-order valence-corrected chi connectivity index (χ0v) is 16.5. The highest BCUT2D eigenvalue weighted by Crippen LogP contribution is 2.28. The molecule has 5 nitrogen and oxygen atoms in total. The lowest BCUT2D eigenvalue weighted by Gasteiger charge is -2.07. The van der Waals surface area contributed by atoms with Crippen LogP contribution in [0.25, 0.3) is 20.4 Å². The number of rotatable bonds is 3. The van der Waals surface area contributed by atoms with E-state index in [9.17, 15) is 0 Å². The number of nitrogens with one attached hydrogen (secondary N) is 2. The van der Waals surface area contributed by atoms with Crippen LogP contribution in [0.2, 0.25) is 0 Å². The van der Waals surface area contributed by atoms with Gasteiger partial charge in [0.25, 0.3) is 0 Å². The summed E-state index contributed by atoms with van der Waals surface area (Å²) in [6.07, 6.45) is 0. The predicted molar refractivity (Wildman–Crippen MR) is 114 cm³/mol. The van der Waals surface area contributed by atoms with Crippen LogP contribution < -0.4 is 10.6 Å². The molecule has 0 aliphatic rings. The Balaban J connectivity index is 1.59. The highest BCUT2D eigenvalue weighted by molar-refractivity contribution is 7.23. The Morgan fingerprint density at radius 3 is 1.85 bits per heavy atom. The Morgan fingerprint density at radius 1 is 0.885 bits per heavy atom. The number of aromatic nitrogens is 2. The SMILES string of the molecule is CCN=C(Nc1nc2cc(C)ccc2s1)Nc1nc2cc(C)ccc2s1. The van der Waals surface area contributed by atoms with Gasteiger partial charge in [0.05, 0.1) is 20.4 Å². The molecule has 2 N–H and O–H groups in total. The van der Waals surface area contributed by atoms with E-state index >= 15 is 0 Å². The number of thiazole rings is 2. The number of guanidine groups is 1. The first kappa shape index (κ1) is 16.9. The first-order valence-corrected chi connectivity index (χ1v) is 10.1. The van der Waals surface area contributed by atoms with Crippen molar-refractivity contribution in [2.24, 2.45) is 4.99 Å². The minimum atomic E-state index is 0.666. The molecule has 26 heavy (non-hydrogen) atoms. The van der Waals surface area contributed by atoms with Crippen molar-refractivity contribution in [1.82, 2.24) is 9.97 Å². The number of nitrogens with zero attached hydrogens (tertiary/aromatic N) is 3. The van der Waals surface area contributed by atoms with Gasteiger partial charge >= 0.3 is 0 Å². The summed E-state index contributed by atoms with van der Waals surface area (Å²) < 4.78 is 2.31. The minimum absolute atomic E-state index is 0.666. The van der Waals surface area contributed by atoms with E-state index in [0.29, 0.717) is 12.5 Å². The van der Waals surface area contributed by atoms with Gasteiger partial charge in [0.2, 0.25) is 5.96 Å². The van der Waals surface area contributed by atoms with Crippen molar-refractivity contribution in [2.45, 2.75) is 20.8 Å². The van der Waals surface area contributed by atoms with Gasteiger partial charge in [0, 0.05) is 6.54 Å². The normalized spacial score (nSPS) is 11.0. The summed E-state index contributed by atoms with van der Waals surface area (Å²) in [5.41, 5.74) is 4.42. The van der Waals surface area contributed by atoms with Crippen molar-refractivity contribution in [2.75, 3.05) is 17.2 Å². The molecule has 0 saturated heterocycles. The van der Waals surface area contributed by atoms with Crippen LogP contribution in [0.1, 0.15) is 18.1 Å². The molecule has 7 heteroatoms. The number of aryl methyl sites for hydroxylation is 2. The average molecular weight is 382 g/mol. The van der Waals surface area contributed by atoms with Gasteiger partial charge in [-0.25, -0.2) is 9.97 Å². The monoisotopic (exact) mass is 381 g/mol. The molecule has 132 valence electrons. The topological polar surface area (TPSA) is 62.2 Å². The van der Waals surface area contributed by atoms with Gasteiger partial charge in [0.1, 0.15) is 0 Å². The van der Waals surface area contributed by atoms with Gasteiger partial charge in [-0.15, -0.1) is 0 Å². The maximum Gasteiger partial charge on any atom is 0.203 e. The lowest BCUT2D eigenvalue weighted by Crippen LogP contribution is -2.22. The fourth-order valence-corrected chi connectivity index (χ4v) is 4.34. The van der Waals surface area contributed by atoms with Gasteiger partial charge in [-0.3, -0.25) is 4.99 Å². The molecule has 0 aliphatic carbocycles. The van der Waals surface area contributed by atoms with Crippen LogP contribution in [0.15, 0.2) is 41.4 Å². The first-order valence-electron chi connectivity index (χ1n) is 8.43. The quantitative estimate of drug-likeness (QED) is 0.367. The van der Waals surface area contributed by atoms with Crippen LogP contribution in [-0.4, -0.2) is 22.5 Å². The fourth-order valence-electron chi connectivity index (χ4n) is 2.65. The van der Waals surface area contributed by atoms with Crippen LogP contribution >= 0.6 is 22.7 Å². The third-order valence-electron chi connectivity index (χ3n) is 3.85. The molecule has 2 aromatic heterocycles. The van der Waals surface area contributed by atoms with Gasteiger partial charge in [0.15, 0.2) is 10.3 Å². The smallest absolute Gasteiger partial charge is 0.203 e. The number of hydrogen-bond donors (Lipinski definition) is 2. The third-order valence-corrected chi connectivity index (χ3v) is 5.76. The van der Waals surface area contributed by atoms with Crippen molar-refractivity contribution >= 4 is 59.3 Å². The molecule has 0 saturated carbocycles. The lowest BCUT2D eigenvalue weighted by molar-refractivity contribution is 1.12. The van der Waals surface area contributed by atoms with E-state index < -0.39 is 0 Å². The molecular weight excluding hydrogens is 362 g/mol. The molecule has 2 heterocycles. The van der Waals surface area contributed by atoms with Crippen molar-refractivity contribution in [3.8, 4) is 0 Å². The Morgan fingerprint density at radius 2 is 1.38 bits per heavy atom. The van der Waals surface area contributed by atoms with E-state index in [2.05, 4.69) is 75.8 Å². The van der Waals surface area contributed by atoms with Crippen LogP contribution in [0.3, 0.4) is 0 Å². The van der Waals surface area contributed by atoms with Crippen molar-refractivity contribution in [1.29, 1.82) is 0 Å². The molecule has 4 aromatic rings. The molecule has 0 amide bonds. The summed E-state index contributed by atoms with van der Waals surface area (Å²) in [5.74, 6) is 0.666. The summed E-state index contributed by atoms with van der Waals surface area (Å²) in [6, 6.07) is 12.6. The standard InChI is InChI=1S/C19H19N5S2/c1-4-20-17(23-18-21-13-9-11(2)5-7-15(13)25-18)24-19-22-14-10-12(3)6-8-16(14)26-19/h5-10H,4H2,1-3H3,(H2,20,21,22,23,24). The van der Waals surface area contributed by atoms with Gasteiger partial charge in [-0.1, -0.05) is 34.8 Å². The summed E-state index contributed by atoms with van der Waals surface area (Å²) >= 11 is 3.24. The van der Waals surface area contributed by atoms with Crippen molar-refractivity contribution in [3.63, 3.8) is 0 Å². The van der Waals surface area contributed by atoms with Gasteiger partial charge in [-0.05, 0) is 56.2 Å². The zero-order chi connectivity index (χ0) is 18.1. The highest BCUT2D eigenvalue weighted by Gasteiger charge is 2.10. The van der Waals surface area contributed by atoms with E-state index in [1.807, 2.05) is 6.92 Å². The summed E-state index contributed by atoms with van der Waals surface area (Å²) in [6.45, 7) is 6.83. The number of anilines is 2. The predicted octanol–water partition coefficient (Wildman–Crippen LogP) is 5.42. The number of hydrogen-bond acceptors (Lipinski definition) is 5. The van der Waals surface area contributed by atoms with Crippen molar-refractivity contribution in [3.05, 3.63) is 47.5 Å². The lowest BCUT2D eigenvalue weighted by atomic mass is 10.2.